The molecule has 0 saturated carbocycles. The Balaban J connectivity index is 2.67. The Morgan fingerprint density at radius 1 is 1.00 bits per heavy atom. The summed E-state index contributed by atoms with van der Waals surface area (Å²) < 4.78 is 1.86. The lowest BCUT2D eigenvalue weighted by Crippen LogP contribution is -2.15. The van der Waals surface area contributed by atoms with E-state index < -0.39 is 0 Å². The predicted molar refractivity (Wildman–Crippen MR) is 70.4 cm³/mol. The van der Waals surface area contributed by atoms with Gasteiger partial charge in [-0.15, -0.1) is 0 Å². The lowest BCUT2D eigenvalue weighted by molar-refractivity contribution is 0.564. The summed E-state index contributed by atoms with van der Waals surface area (Å²) in [7, 11) is 0. The molecule has 0 N–H and O–H groups in total. The summed E-state index contributed by atoms with van der Waals surface area (Å²) >= 11 is 0. The number of hydrogen-bond donors (Lipinski definition) is 0. The van der Waals surface area contributed by atoms with Crippen molar-refractivity contribution in [2.75, 3.05) is 0 Å². The SMILES string of the molecule is CC(C)(C)c1cc2c(C(C)(C)C)cnn2cn1. The molecule has 0 aliphatic rings. The predicted octanol–water partition coefficient (Wildman–Crippen LogP) is 3.32. The maximum Gasteiger partial charge on any atom is 0.117 e. The van der Waals surface area contributed by atoms with Crippen LogP contribution in [0, 0.1) is 0 Å². The maximum absolute atomic E-state index is 4.47. The number of rotatable bonds is 0. The van der Waals surface area contributed by atoms with Crippen LogP contribution in [-0.4, -0.2) is 14.6 Å². The molecule has 2 rings (SSSR count). The zero-order chi connectivity index (χ0) is 12.8. The molecule has 0 aliphatic carbocycles. The molecule has 0 amide bonds. The molecule has 3 heteroatoms. The van der Waals surface area contributed by atoms with Crippen molar-refractivity contribution in [3.63, 3.8) is 0 Å². The van der Waals surface area contributed by atoms with E-state index in [1.54, 1.807) is 0 Å². The van der Waals surface area contributed by atoms with E-state index in [1.165, 1.54) is 5.56 Å². The van der Waals surface area contributed by atoms with Crippen LogP contribution >= 0.6 is 0 Å². The molecular weight excluding hydrogens is 210 g/mol. The molecule has 2 heterocycles. The van der Waals surface area contributed by atoms with Crippen molar-refractivity contribution < 1.29 is 0 Å². The Kier molecular flexibility index (Phi) is 2.53. The Labute approximate surface area is 103 Å². The molecule has 0 spiro atoms. The van der Waals surface area contributed by atoms with Crippen molar-refractivity contribution in [2.45, 2.75) is 52.4 Å². The molecule has 0 aromatic carbocycles. The molecular formula is C14H21N3. The van der Waals surface area contributed by atoms with E-state index in [2.05, 4.69) is 57.7 Å². The van der Waals surface area contributed by atoms with Gasteiger partial charge in [0.15, 0.2) is 0 Å². The third kappa shape index (κ3) is 2.19. The van der Waals surface area contributed by atoms with Crippen LogP contribution in [0.4, 0.5) is 0 Å². The summed E-state index contributed by atoms with van der Waals surface area (Å²) in [4.78, 5) is 4.47. The third-order valence-electron chi connectivity index (χ3n) is 2.99. The van der Waals surface area contributed by atoms with Gasteiger partial charge in [-0.1, -0.05) is 41.5 Å². The fourth-order valence-corrected chi connectivity index (χ4v) is 1.88. The molecule has 0 saturated heterocycles. The Morgan fingerprint density at radius 3 is 2.18 bits per heavy atom. The first-order valence-electron chi connectivity index (χ1n) is 6.04. The molecule has 3 nitrogen and oxygen atoms in total. The fraction of sp³-hybridized carbons (Fsp3) is 0.571. The monoisotopic (exact) mass is 231 g/mol. The fourth-order valence-electron chi connectivity index (χ4n) is 1.88. The van der Waals surface area contributed by atoms with Crippen LogP contribution in [-0.2, 0) is 10.8 Å². The maximum atomic E-state index is 4.47. The zero-order valence-electron chi connectivity index (χ0n) is 11.6. The number of nitrogens with zero attached hydrogens (tertiary/aromatic N) is 3. The first-order valence-corrected chi connectivity index (χ1v) is 6.04. The average molecular weight is 231 g/mol. The van der Waals surface area contributed by atoms with Gasteiger partial charge in [0.25, 0.3) is 0 Å². The normalized spacial score (nSPS) is 13.3. The molecule has 0 atom stereocenters. The van der Waals surface area contributed by atoms with Gasteiger partial charge in [0.05, 0.1) is 11.7 Å². The van der Waals surface area contributed by atoms with Gasteiger partial charge in [-0.3, -0.25) is 0 Å². The smallest absolute Gasteiger partial charge is 0.117 e. The summed E-state index contributed by atoms with van der Waals surface area (Å²) in [6.07, 6.45) is 3.76. The summed E-state index contributed by atoms with van der Waals surface area (Å²) in [6, 6.07) is 2.16. The molecule has 0 fully saturated rings. The minimum absolute atomic E-state index is 0.0706. The van der Waals surface area contributed by atoms with Crippen molar-refractivity contribution in [3.05, 3.63) is 29.8 Å². The highest BCUT2D eigenvalue weighted by atomic mass is 15.2. The van der Waals surface area contributed by atoms with E-state index in [0.29, 0.717) is 0 Å². The standard InChI is InChI=1S/C14H21N3/c1-13(2,3)10-8-16-17-9-15-12(7-11(10)17)14(4,5)6/h7-9H,1-6H3. The summed E-state index contributed by atoms with van der Waals surface area (Å²) in [6.45, 7) is 13.2. The lowest BCUT2D eigenvalue weighted by Gasteiger charge is -2.20. The minimum Gasteiger partial charge on any atom is -0.241 e. The van der Waals surface area contributed by atoms with Crippen LogP contribution in [0.15, 0.2) is 18.6 Å². The van der Waals surface area contributed by atoms with E-state index >= 15 is 0 Å². The van der Waals surface area contributed by atoms with Crippen molar-refractivity contribution >= 4 is 5.52 Å². The second-order valence-corrected chi connectivity index (χ2v) is 6.66. The van der Waals surface area contributed by atoms with Crippen molar-refractivity contribution in [3.8, 4) is 0 Å². The molecule has 17 heavy (non-hydrogen) atoms. The topological polar surface area (TPSA) is 30.2 Å². The van der Waals surface area contributed by atoms with E-state index in [0.717, 1.165) is 11.2 Å². The second-order valence-electron chi connectivity index (χ2n) is 6.66. The second kappa shape index (κ2) is 3.56. The molecule has 2 aromatic rings. The quantitative estimate of drug-likeness (QED) is 0.696. The minimum atomic E-state index is 0.0706. The van der Waals surface area contributed by atoms with Gasteiger partial charge < -0.3 is 0 Å². The first-order chi connectivity index (χ1) is 7.69. The van der Waals surface area contributed by atoms with Gasteiger partial charge in [0.2, 0.25) is 0 Å². The molecule has 0 bridgehead atoms. The third-order valence-corrected chi connectivity index (χ3v) is 2.99. The van der Waals surface area contributed by atoms with Crippen LogP contribution in [0.3, 0.4) is 0 Å². The van der Waals surface area contributed by atoms with Crippen LogP contribution in [0.2, 0.25) is 0 Å². The van der Waals surface area contributed by atoms with Gasteiger partial charge in [0, 0.05) is 16.7 Å². The molecule has 0 radical (unpaired) electrons. The van der Waals surface area contributed by atoms with Crippen LogP contribution in [0.5, 0.6) is 0 Å². The van der Waals surface area contributed by atoms with E-state index in [-0.39, 0.29) is 10.8 Å². The largest absolute Gasteiger partial charge is 0.241 e. The molecule has 2 aromatic heterocycles. The highest BCUT2D eigenvalue weighted by Gasteiger charge is 2.21. The zero-order valence-corrected chi connectivity index (χ0v) is 11.6. The van der Waals surface area contributed by atoms with Crippen molar-refractivity contribution in [1.29, 1.82) is 0 Å². The molecule has 0 aliphatic heterocycles. The van der Waals surface area contributed by atoms with Gasteiger partial charge >= 0.3 is 0 Å². The number of fused-ring (bicyclic) bond motifs is 1. The van der Waals surface area contributed by atoms with Gasteiger partial charge in [-0.25, -0.2) is 9.50 Å². The highest BCUT2D eigenvalue weighted by molar-refractivity contribution is 5.57. The average Bonchev–Trinajstić information content (AvgIpc) is 2.57. The Morgan fingerprint density at radius 2 is 1.65 bits per heavy atom. The summed E-state index contributed by atoms with van der Waals surface area (Å²) in [5, 5.41) is 4.36. The first kappa shape index (κ1) is 12.1. The van der Waals surface area contributed by atoms with Crippen LogP contribution < -0.4 is 0 Å². The van der Waals surface area contributed by atoms with Crippen molar-refractivity contribution in [2.24, 2.45) is 0 Å². The number of aromatic nitrogens is 3. The Hall–Kier alpha value is -1.38. The van der Waals surface area contributed by atoms with E-state index in [4.69, 9.17) is 0 Å². The van der Waals surface area contributed by atoms with Gasteiger partial charge in [-0.2, -0.15) is 5.10 Å². The summed E-state index contributed by atoms with van der Waals surface area (Å²) in [5.41, 5.74) is 3.72. The Bertz CT molecular complexity index is 539. The van der Waals surface area contributed by atoms with Gasteiger partial charge in [0.1, 0.15) is 6.33 Å². The number of hydrogen-bond acceptors (Lipinski definition) is 2. The highest BCUT2D eigenvalue weighted by Crippen LogP contribution is 2.28. The van der Waals surface area contributed by atoms with Crippen LogP contribution in [0.25, 0.3) is 5.52 Å². The van der Waals surface area contributed by atoms with Crippen LogP contribution in [0.1, 0.15) is 52.8 Å². The molecule has 92 valence electrons. The van der Waals surface area contributed by atoms with E-state index in [9.17, 15) is 0 Å². The van der Waals surface area contributed by atoms with Crippen molar-refractivity contribution in [1.82, 2.24) is 14.6 Å². The summed E-state index contributed by atoms with van der Waals surface area (Å²) in [5.74, 6) is 0. The lowest BCUT2D eigenvalue weighted by atomic mass is 9.86. The van der Waals surface area contributed by atoms with E-state index in [1.807, 2.05) is 17.0 Å². The molecule has 0 unspecified atom stereocenters. The van der Waals surface area contributed by atoms with Gasteiger partial charge in [-0.05, 0) is 11.5 Å².